The first kappa shape index (κ1) is 14.2. The molecule has 0 aliphatic rings. The normalized spacial score (nSPS) is 14.7. The van der Waals surface area contributed by atoms with Crippen LogP contribution in [0.25, 0.3) is 0 Å². The maximum Gasteiger partial charge on any atom is 0.157 e. The fourth-order valence-electron chi connectivity index (χ4n) is 1.86. The van der Waals surface area contributed by atoms with Crippen LogP contribution in [0.15, 0.2) is 24.3 Å². The Labute approximate surface area is 109 Å². The summed E-state index contributed by atoms with van der Waals surface area (Å²) in [4.78, 5) is 14.3. The number of Topliss-reactive ketones (excluding diaryl/α,β-unsaturated/α-hetero) is 1. The molecule has 0 aromatic heterocycles. The van der Waals surface area contributed by atoms with Crippen LogP contribution in [-0.4, -0.2) is 24.8 Å². The van der Waals surface area contributed by atoms with Crippen LogP contribution in [0.5, 0.6) is 0 Å². The highest BCUT2D eigenvalue weighted by molar-refractivity contribution is 6.30. The van der Waals surface area contributed by atoms with Crippen molar-refractivity contribution in [2.45, 2.75) is 26.3 Å². The zero-order chi connectivity index (χ0) is 13.0. The van der Waals surface area contributed by atoms with Gasteiger partial charge in [-0.1, -0.05) is 37.6 Å². The van der Waals surface area contributed by atoms with Gasteiger partial charge in [-0.25, -0.2) is 0 Å². The van der Waals surface area contributed by atoms with Crippen molar-refractivity contribution in [2.24, 2.45) is 5.92 Å². The summed E-state index contributed by atoms with van der Waals surface area (Å²) in [6, 6.07) is 7.33. The molecule has 0 spiro atoms. The van der Waals surface area contributed by atoms with Crippen LogP contribution in [0.4, 0.5) is 0 Å². The fourth-order valence-corrected chi connectivity index (χ4v) is 2.06. The van der Waals surface area contributed by atoms with E-state index in [0.717, 1.165) is 12.0 Å². The van der Waals surface area contributed by atoms with Gasteiger partial charge in [0, 0.05) is 10.9 Å². The summed E-state index contributed by atoms with van der Waals surface area (Å²) in [5.41, 5.74) is 0.966. The summed E-state index contributed by atoms with van der Waals surface area (Å²) in [6.45, 7) is 4.01. The lowest BCUT2D eigenvalue weighted by molar-refractivity contribution is -0.127. The number of hydrogen-bond donors (Lipinski definition) is 0. The molecule has 0 bridgehead atoms. The van der Waals surface area contributed by atoms with E-state index in [9.17, 15) is 4.79 Å². The topological polar surface area (TPSA) is 20.3 Å². The van der Waals surface area contributed by atoms with Crippen molar-refractivity contribution in [1.29, 1.82) is 0 Å². The third-order valence-corrected chi connectivity index (χ3v) is 3.28. The van der Waals surface area contributed by atoms with Crippen LogP contribution in [0.1, 0.15) is 31.9 Å². The molecule has 0 aliphatic heterocycles. The molecule has 0 amide bonds. The molecule has 1 aromatic carbocycles. The van der Waals surface area contributed by atoms with Gasteiger partial charge in [0.15, 0.2) is 5.78 Å². The van der Waals surface area contributed by atoms with E-state index < -0.39 is 0 Å². The van der Waals surface area contributed by atoms with Gasteiger partial charge < -0.3 is 0 Å². The van der Waals surface area contributed by atoms with E-state index in [1.54, 1.807) is 0 Å². The van der Waals surface area contributed by atoms with Crippen molar-refractivity contribution in [3.05, 3.63) is 34.9 Å². The van der Waals surface area contributed by atoms with Gasteiger partial charge >= 0.3 is 0 Å². The predicted molar refractivity (Wildman–Crippen MR) is 72.3 cm³/mol. The molecular weight excluding hydrogens is 234 g/mol. The van der Waals surface area contributed by atoms with E-state index in [1.807, 2.05) is 57.1 Å². The number of halogens is 1. The molecule has 0 saturated carbocycles. The SMILES string of the molecule is CCC(C)C(=O)C(c1cccc(Cl)c1)N(C)C. The highest BCUT2D eigenvalue weighted by atomic mass is 35.5. The van der Waals surface area contributed by atoms with E-state index in [0.29, 0.717) is 5.02 Å². The molecule has 2 unspecified atom stereocenters. The number of nitrogens with zero attached hydrogens (tertiary/aromatic N) is 1. The van der Waals surface area contributed by atoms with Gasteiger partial charge in [-0.05, 0) is 38.2 Å². The highest BCUT2D eigenvalue weighted by Crippen LogP contribution is 2.25. The van der Waals surface area contributed by atoms with Gasteiger partial charge in [0.2, 0.25) is 0 Å². The molecule has 3 heteroatoms. The number of benzene rings is 1. The molecule has 0 heterocycles. The Bertz CT molecular complexity index is 390. The number of rotatable bonds is 5. The average Bonchev–Trinajstić information content (AvgIpc) is 2.27. The van der Waals surface area contributed by atoms with Crippen LogP contribution >= 0.6 is 11.6 Å². The lowest BCUT2D eigenvalue weighted by Gasteiger charge is -2.26. The molecule has 94 valence electrons. The fraction of sp³-hybridized carbons (Fsp3) is 0.500. The minimum Gasteiger partial charge on any atom is -0.297 e. The second-order valence-electron chi connectivity index (χ2n) is 4.63. The van der Waals surface area contributed by atoms with Crippen molar-refractivity contribution in [2.75, 3.05) is 14.1 Å². The van der Waals surface area contributed by atoms with Gasteiger partial charge in [0.05, 0.1) is 6.04 Å². The first-order valence-corrected chi connectivity index (χ1v) is 6.30. The van der Waals surface area contributed by atoms with Crippen LogP contribution in [0.2, 0.25) is 5.02 Å². The first-order chi connectivity index (χ1) is 7.97. The summed E-state index contributed by atoms with van der Waals surface area (Å²) in [6.07, 6.45) is 0.865. The highest BCUT2D eigenvalue weighted by Gasteiger charge is 2.26. The number of carbonyl (C=O) groups is 1. The molecule has 0 radical (unpaired) electrons. The number of carbonyl (C=O) groups excluding carboxylic acids is 1. The first-order valence-electron chi connectivity index (χ1n) is 5.93. The lowest BCUT2D eigenvalue weighted by atomic mass is 9.92. The minimum atomic E-state index is -0.205. The Balaban J connectivity index is 3.05. The molecule has 1 rings (SSSR count). The molecule has 0 N–H and O–H groups in total. The Hall–Kier alpha value is -0.860. The number of hydrogen-bond acceptors (Lipinski definition) is 2. The Kier molecular flexibility index (Phi) is 5.16. The van der Waals surface area contributed by atoms with E-state index in [2.05, 4.69) is 0 Å². The Morgan fingerprint density at radius 2 is 2.06 bits per heavy atom. The minimum absolute atomic E-state index is 0.0707. The zero-order valence-corrected chi connectivity index (χ0v) is 11.7. The third kappa shape index (κ3) is 3.55. The standard InChI is InChI=1S/C14H20ClNO/c1-5-10(2)14(17)13(16(3)4)11-7-6-8-12(15)9-11/h6-10,13H,5H2,1-4H3. The summed E-state index contributed by atoms with van der Waals surface area (Å²) < 4.78 is 0. The molecule has 0 fully saturated rings. The second-order valence-corrected chi connectivity index (χ2v) is 5.07. The van der Waals surface area contributed by atoms with Crippen LogP contribution in [0, 0.1) is 5.92 Å². The molecule has 2 atom stereocenters. The maximum absolute atomic E-state index is 12.3. The van der Waals surface area contributed by atoms with Crippen molar-refractivity contribution in [1.82, 2.24) is 4.90 Å². The predicted octanol–water partition coefficient (Wildman–Crippen LogP) is 3.56. The van der Waals surface area contributed by atoms with Crippen molar-refractivity contribution >= 4 is 17.4 Å². The van der Waals surface area contributed by atoms with E-state index in [1.165, 1.54) is 0 Å². The summed E-state index contributed by atoms with van der Waals surface area (Å²) in [7, 11) is 3.84. The summed E-state index contributed by atoms with van der Waals surface area (Å²) in [5, 5.41) is 0.673. The molecule has 2 nitrogen and oxygen atoms in total. The zero-order valence-electron chi connectivity index (χ0n) is 10.9. The Morgan fingerprint density at radius 3 is 2.53 bits per heavy atom. The molecule has 17 heavy (non-hydrogen) atoms. The van der Waals surface area contributed by atoms with E-state index in [4.69, 9.17) is 11.6 Å². The molecule has 1 aromatic rings. The number of likely N-dealkylation sites (N-methyl/N-ethyl adjacent to an activating group) is 1. The van der Waals surface area contributed by atoms with Crippen molar-refractivity contribution < 1.29 is 4.79 Å². The van der Waals surface area contributed by atoms with Crippen LogP contribution in [0.3, 0.4) is 0 Å². The Morgan fingerprint density at radius 1 is 1.41 bits per heavy atom. The van der Waals surface area contributed by atoms with E-state index in [-0.39, 0.29) is 17.7 Å². The molecule has 0 saturated heterocycles. The largest absolute Gasteiger partial charge is 0.297 e. The summed E-state index contributed by atoms with van der Waals surface area (Å²) >= 11 is 5.98. The van der Waals surface area contributed by atoms with Crippen molar-refractivity contribution in [3.63, 3.8) is 0 Å². The third-order valence-electron chi connectivity index (χ3n) is 3.05. The number of ketones is 1. The lowest BCUT2D eigenvalue weighted by Crippen LogP contribution is -2.31. The molecular formula is C14H20ClNO. The quantitative estimate of drug-likeness (QED) is 0.800. The summed E-state index contributed by atoms with van der Waals surface area (Å²) in [5.74, 6) is 0.321. The van der Waals surface area contributed by atoms with Gasteiger partial charge in [-0.2, -0.15) is 0 Å². The van der Waals surface area contributed by atoms with Gasteiger partial charge in [-0.3, -0.25) is 9.69 Å². The van der Waals surface area contributed by atoms with E-state index >= 15 is 0 Å². The van der Waals surface area contributed by atoms with Crippen LogP contribution < -0.4 is 0 Å². The second kappa shape index (κ2) is 6.18. The average molecular weight is 254 g/mol. The maximum atomic E-state index is 12.3. The van der Waals surface area contributed by atoms with Gasteiger partial charge in [0.25, 0.3) is 0 Å². The van der Waals surface area contributed by atoms with Gasteiger partial charge in [-0.15, -0.1) is 0 Å². The smallest absolute Gasteiger partial charge is 0.157 e. The van der Waals surface area contributed by atoms with Gasteiger partial charge in [0.1, 0.15) is 0 Å². The molecule has 0 aliphatic carbocycles. The van der Waals surface area contributed by atoms with Crippen LogP contribution in [-0.2, 0) is 4.79 Å². The monoisotopic (exact) mass is 253 g/mol. The van der Waals surface area contributed by atoms with Crippen molar-refractivity contribution in [3.8, 4) is 0 Å².